The maximum atomic E-state index is 11.6. The van der Waals surface area contributed by atoms with Crippen LogP contribution in [0.25, 0.3) is 0 Å². The summed E-state index contributed by atoms with van der Waals surface area (Å²) in [5.74, 6) is 2.95. The van der Waals surface area contributed by atoms with E-state index in [-0.39, 0.29) is 5.97 Å². The van der Waals surface area contributed by atoms with Crippen LogP contribution in [0, 0.1) is 5.92 Å². The van der Waals surface area contributed by atoms with E-state index in [4.69, 9.17) is 4.74 Å². The molecule has 0 radical (unpaired) electrons. The quantitative estimate of drug-likeness (QED) is 0.346. The molecule has 4 heteroatoms. The van der Waals surface area contributed by atoms with E-state index < -0.39 is 6.60 Å². The zero-order valence-electron chi connectivity index (χ0n) is 14.2. The molecule has 1 rings (SSSR count). The summed E-state index contributed by atoms with van der Waals surface area (Å²) in [5, 5.41) is 10.9. The topological polar surface area (TPSA) is 46.5 Å². The number of ether oxygens (including phenoxy) is 1. The molecule has 0 aromatic carbocycles. The fraction of sp³-hybridized carbons (Fsp3) is 0.824. The zero-order valence-corrected chi connectivity index (χ0v) is 15.1. The Morgan fingerprint density at radius 3 is 2.52 bits per heavy atom. The van der Waals surface area contributed by atoms with Gasteiger partial charge in [-0.25, -0.2) is 0 Å². The molecule has 0 saturated heterocycles. The van der Waals surface area contributed by atoms with Crippen molar-refractivity contribution < 1.29 is 14.6 Å². The third-order valence-electron chi connectivity index (χ3n) is 4.38. The van der Waals surface area contributed by atoms with E-state index in [9.17, 15) is 9.90 Å². The van der Waals surface area contributed by atoms with Gasteiger partial charge in [0.15, 0.2) is 0 Å². The fourth-order valence-corrected chi connectivity index (χ4v) is 5.62. The molecule has 0 bridgehead atoms. The Hall–Kier alpha value is -0.400. The number of carbonyl (C=O) groups is 1. The van der Waals surface area contributed by atoms with Crippen LogP contribution in [0.2, 0.25) is 0 Å². The minimum atomic E-state index is -1.86. The van der Waals surface area contributed by atoms with Crippen molar-refractivity contribution in [2.24, 2.45) is 5.92 Å². The molecule has 21 heavy (non-hydrogen) atoms. The Labute approximate surface area is 130 Å². The number of allylic oxidation sites excluding steroid dienone is 1. The number of aliphatic hydroxyl groups is 1. The second kappa shape index (κ2) is 7.74. The number of esters is 1. The number of aliphatic hydroxyl groups excluding tert-OH is 1. The van der Waals surface area contributed by atoms with Gasteiger partial charge in [0, 0.05) is 0 Å². The molecule has 0 aromatic heterocycles. The number of unbranched alkanes of at least 4 members (excludes halogenated alkanes) is 2. The van der Waals surface area contributed by atoms with Crippen LogP contribution in [0.3, 0.4) is 0 Å². The van der Waals surface area contributed by atoms with Crippen LogP contribution in [-0.2, 0) is 9.53 Å². The van der Waals surface area contributed by atoms with Crippen molar-refractivity contribution in [3.8, 4) is 0 Å². The van der Waals surface area contributed by atoms with Crippen molar-refractivity contribution in [2.75, 3.05) is 26.3 Å². The van der Waals surface area contributed by atoms with E-state index in [1.54, 1.807) is 0 Å². The Balaban J connectivity index is 1.96. The van der Waals surface area contributed by atoms with E-state index in [1.807, 2.05) is 0 Å². The third kappa shape index (κ3) is 6.48. The van der Waals surface area contributed by atoms with Gasteiger partial charge in [-0.2, -0.15) is 0 Å². The van der Waals surface area contributed by atoms with E-state index in [2.05, 4.69) is 33.0 Å². The zero-order chi connectivity index (χ0) is 16.0. The first-order valence-electron chi connectivity index (χ1n) is 8.26. The van der Waals surface area contributed by atoms with Crippen LogP contribution in [0.1, 0.15) is 58.8 Å². The predicted octanol–water partition coefficient (Wildman–Crippen LogP) is 4.53. The van der Waals surface area contributed by atoms with Gasteiger partial charge >= 0.3 is 115 Å². The molecule has 1 aliphatic rings. The standard InChI is InChI=1S/C17H33O3P/c1-15(2)9-7-8-12-20-17(19)11-6-5-10-16-13-21(16,3,4)14-18/h13,15,18H,5-12,14H2,1-4H3. The molecule has 0 aromatic rings. The van der Waals surface area contributed by atoms with Crippen molar-refractivity contribution in [2.45, 2.75) is 58.8 Å². The van der Waals surface area contributed by atoms with Crippen LogP contribution in [0.15, 0.2) is 11.1 Å². The monoisotopic (exact) mass is 316 g/mol. The molecular formula is C17H33O3P. The molecule has 0 atom stereocenters. The van der Waals surface area contributed by atoms with E-state index in [0.29, 0.717) is 19.4 Å². The van der Waals surface area contributed by atoms with Gasteiger partial charge in [-0.15, -0.1) is 0 Å². The average molecular weight is 316 g/mol. The molecule has 0 amide bonds. The van der Waals surface area contributed by atoms with Gasteiger partial charge < -0.3 is 0 Å². The van der Waals surface area contributed by atoms with Gasteiger partial charge in [0.2, 0.25) is 0 Å². The Morgan fingerprint density at radius 1 is 1.24 bits per heavy atom. The fourth-order valence-electron chi connectivity index (χ4n) is 2.50. The molecule has 1 heterocycles. The van der Waals surface area contributed by atoms with Gasteiger partial charge in [0.05, 0.1) is 0 Å². The molecule has 3 nitrogen and oxygen atoms in total. The van der Waals surface area contributed by atoms with Gasteiger partial charge in [-0.3, -0.25) is 0 Å². The Kier molecular flexibility index (Phi) is 6.87. The summed E-state index contributed by atoms with van der Waals surface area (Å²) >= 11 is 0. The second-order valence-electron chi connectivity index (χ2n) is 7.59. The molecule has 1 N–H and O–H groups in total. The van der Waals surface area contributed by atoms with Crippen molar-refractivity contribution >= 4 is 12.6 Å². The molecule has 0 aliphatic carbocycles. The van der Waals surface area contributed by atoms with Crippen molar-refractivity contribution in [1.29, 1.82) is 0 Å². The number of rotatable bonds is 11. The summed E-state index contributed by atoms with van der Waals surface area (Å²) < 4.78 is 5.24. The number of hydrogen-bond acceptors (Lipinski definition) is 3. The summed E-state index contributed by atoms with van der Waals surface area (Å²) in [4.78, 5) is 11.6. The Morgan fingerprint density at radius 2 is 1.95 bits per heavy atom. The minimum absolute atomic E-state index is 0.0584. The van der Waals surface area contributed by atoms with Crippen LogP contribution in [0.5, 0.6) is 0 Å². The third-order valence-corrected chi connectivity index (χ3v) is 8.35. The summed E-state index contributed by atoms with van der Waals surface area (Å²) in [7, 11) is 0. The second-order valence-corrected chi connectivity index (χ2v) is 13.7. The average Bonchev–Trinajstić information content (AvgIpc) is 2.99. The first-order valence-corrected chi connectivity index (χ1v) is 11.6. The van der Waals surface area contributed by atoms with Crippen molar-refractivity contribution in [3.63, 3.8) is 0 Å². The van der Waals surface area contributed by atoms with Crippen molar-refractivity contribution in [3.05, 3.63) is 11.1 Å². The van der Waals surface area contributed by atoms with Gasteiger partial charge in [-0.1, -0.05) is 13.8 Å². The normalized spacial score (nSPS) is 20.5. The van der Waals surface area contributed by atoms with E-state index >= 15 is 0 Å². The molecule has 0 saturated carbocycles. The Bertz CT molecular complexity index is 385. The molecular weight excluding hydrogens is 283 g/mol. The molecule has 124 valence electrons. The summed E-state index contributed by atoms with van der Waals surface area (Å²) in [6.07, 6.45) is 7.10. The predicted molar refractivity (Wildman–Crippen MR) is 92.1 cm³/mol. The van der Waals surface area contributed by atoms with Gasteiger partial charge in [0.1, 0.15) is 0 Å². The first kappa shape index (κ1) is 18.6. The molecule has 0 unspecified atom stereocenters. The van der Waals surface area contributed by atoms with Crippen LogP contribution >= 0.6 is 6.60 Å². The van der Waals surface area contributed by atoms with Crippen LogP contribution in [-0.4, -0.2) is 37.4 Å². The molecule has 1 aliphatic heterocycles. The SMILES string of the molecule is CC(C)CCCCOC(=O)CCCCC1=CP1(C)(C)CO. The summed E-state index contributed by atoms with van der Waals surface area (Å²) in [6, 6.07) is 0. The van der Waals surface area contributed by atoms with Crippen LogP contribution < -0.4 is 0 Å². The van der Waals surface area contributed by atoms with Gasteiger partial charge in [-0.05, 0) is 0 Å². The van der Waals surface area contributed by atoms with E-state index in [0.717, 1.165) is 38.0 Å². The van der Waals surface area contributed by atoms with Crippen molar-refractivity contribution in [1.82, 2.24) is 0 Å². The van der Waals surface area contributed by atoms with E-state index in [1.165, 1.54) is 11.7 Å². The van der Waals surface area contributed by atoms with Crippen LogP contribution in [0.4, 0.5) is 0 Å². The molecule has 0 spiro atoms. The summed E-state index contributed by atoms with van der Waals surface area (Å²) in [5.41, 5.74) is 0. The summed E-state index contributed by atoms with van der Waals surface area (Å²) in [6.45, 7) is 7.54. The number of carbonyl (C=O) groups excluding carboxylic acids is 1. The number of hydrogen-bond donors (Lipinski definition) is 1. The molecule has 0 fully saturated rings. The van der Waals surface area contributed by atoms with Gasteiger partial charge in [0.25, 0.3) is 0 Å². The first-order chi connectivity index (χ1) is 9.77. The maximum absolute atomic E-state index is 11.6.